The Kier molecular flexibility index (Phi) is 7.77. The monoisotopic (exact) mass is 599 g/mol. The molecule has 0 radical (unpaired) electrons. The summed E-state index contributed by atoms with van der Waals surface area (Å²) in [4.78, 5) is 23.9. The fourth-order valence-corrected chi connectivity index (χ4v) is 9.47. The van der Waals surface area contributed by atoms with E-state index in [0.717, 1.165) is 36.6 Å². The van der Waals surface area contributed by atoms with E-state index in [1.54, 1.807) is 6.92 Å². The summed E-state index contributed by atoms with van der Waals surface area (Å²) in [5.74, 6) is 1.70. The predicted molar refractivity (Wildman–Crippen MR) is 132 cm³/mol. The number of hydrogen-bond donors (Lipinski definition) is 0. The molecule has 0 amide bonds. The zero-order chi connectivity index (χ0) is 24.3. The third-order valence-electron chi connectivity index (χ3n) is 11.3. The van der Waals surface area contributed by atoms with Crippen LogP contribution in [0, 0.1) is 28.6 Å². The summed E-state index contributed by atoms with van der Waals surface area (Å²) in [6.45, 7) is 10.5. The van der Waals surface area contributed by atoms with Gasteiger partial charge in [0.2, 0.25) is 0 Å². The van der Waals surface area contributed by atoms with E-state index in [4.69, 9.17) is 9.47 Å². The number of likely N-dealkylation sites (N-methyl/N-ethyl adjacent to an activating group) is 1. The van der Waals surface area contributed by atoms with E-state index >= 15 is 0 Å². The summed E-state index contributed by atoms with van der Waals surface area (Å²) in [6.07, 6.45) is 14.2. The second-order valence-electron chi connectivity index (χ2n) is 13.1. The molecule has 3 saturated carbocycles. The van der Waals surface area contributed by atoms with Crippen LogP contribution in [0.4, 0.5) is 0 Å². The first-order chi connectivity index (χ1) is 16.1. The molecule has 4 fully saturated rings. The highest BCUT2D eigenvalue weighted by molar-refractivity contribution is 5.66. The van der Waals surface area contributed by atoms with Crippen LogP contribution in [0.1, 0.15) is 91.9 Å². The fraction of sp³-hybridized carbons (Fsp3) is 0.862. The third kappa shape index (κ3) is 4.61. The number of carbonyl (C=O) groups is 2. The van der Waals surface area contributed by atoms with Crippen molar-refractivity contribution < 1.29 is 47.5 Å². The second-order valence-corrected chi connectivity index (χ2v) is 13.1. The van der Waals surface area contributed by atoms with Gasteiger partial charge in [0.15, 0.2) is 6.10 Å². The lowest BCUT2D eigenvalue weighted by molar-refractivity contribution is -0.940. The van der Waals surface area contributed by atoms with Gasteiger partial charge in [-0.15, -0.1) is 0 Å². The van der Waals surface area contributed by atoms with Gasteiger partial charge in [-0.05, 0) is 74.5 Å². The maximum atomic E-state index is 12.3. The standard InChI is InChI=1S/C29H46NO4.HI/c1-19(31)33-22-11-13-28(3)21(17-22)9-10-23-24(28)12-14-29(4)25(23)18-26(27(29)34-20(2)32)30(5)15-7-6-8-16-30;/h9,22-27H,6-8,10-18H2,1-5H3;1H/q+1;/p-1/t22-,23+,24-,25-,26-,27-,28-,29-;/m0./s1. The van der Waals surface area contributed by atoms with E-state index in [2.05, 4.69) is 27.0 Å². The molecule has 35 heavy (non-hydrogen) atoms. The SMILES string of the molecule is CC(=O)O[C@H]1CC[C@@]2(C)C(=CC[C@H]3[C@@H]4C[C@H]([N+]5(C)CCCCC5)[C@H](OC(C)=O)[C@@]4(C)CC[C@@H]32)C1.[I-]. The van der Waals surface area contributed by atoms with E-state index in [9.17, 15) is 9.59 Å². The zero-order valence-corrected chi connectivity index (χ0v) is 24.6. The second kappa shape index (κ2) is 9.92. The lowest BCUT2D eigenvalue weighted by Crippen LogP contribution is -3.00. The predicted octanol–water partition coefficient (Wildman–Crippen LogP) is 2.43. The van der Waals surface area contributed by atoms with E-state index in [1.807, 2.05) is 0 Å². The van der Waals surface area contributed by atoms with E-state index in [1.165, 1.54) is 57.7 Å². The lowest BCUT2D eigenvalue weighted by atomic mass is 9.48. The number of quaternary nitrogens is 1. The van der Waals surface area contributed by atoms with Gasteiger partial charge in [0.05, 0.1) is 20.1 Å². The number of hydrogen-bond acceptors (Lipinski definition) is 4. The molecule has 5 aliphatic rings. The van der Waals surface area contributed by atoms with Crippen LogP contribution in [0.3, 0.4) is 0 Å². The molecular weight excluding hydrogens is 553 g/mol. The third-order valence-corrected chi connectivity index (χ3v) is 11.3. The largest absolute Gasteiger partial charge is 1.00 e. The molecule has 5 nitrogen and oxygen atoms in total. The normalized spacial score (nSPS) is 44.0. The molecule has 0 aromatic rings. The minimum Gasteiger partial charge on any atom is -1.00 e. The summed E-state index contributed by atoms with van der Waals surface area (Å²) in [7, 11) is 2.44. The van der Waals surface area contributed by atoms with Crippen molar-refractivity contribution in [2.45, 2.75) is 110 Å². The molecule has 5 rings (SSSR count). The molecule has 4 aliphatic carbocycles. The van der Waals surface area contributed by atoms with Crippen molar-refractivity contribution in [3.8, 4) is 0 Å². The van der Waals surface area contributed by atoms with Crippen molar-refractivity contribution in [2.24, 2.45) is 28.6 Å². The van der Waals surface area contributed by atoms with Gasteiger partial charge in [0.1, 0.15) is 12.1 Å². The summed E-state index contributed by atoms with van der Waals surface area (Å²) in [5, 5.41) is 0. The molecule has 0 N–H and O–H groups in total. The molecule has 0 unspecified atom stereocenters. The van der Waals surface area contributed by atoms with Gasteiger partial charge in [-0.1, -0.05) is 25.5 Å². The number of rotatable bonds is 3. The Morgan fingerprint density at radius 2 is 1.66 bits per heavy atom. The molecule has 1 heterocycles. The number of ether oxygens (including phenoxy) is 2. The highest BCUT2D eigenvalue weighted by atomic mass is 127. The Morgan fingerprint density at radius 3 is 2.31 bits per heavy atom. The average Bonchev–Trinajstić information content (AvgIpc) is 3.07. The van der Waals surface area contributed by atoms with Gasteiger partial charge in [-0.25, -0.2) is 0 Å². The molecule has 0 aromatic carbocycles. The van der Waals surface area contributed by atoms with E-state index < -0.39 is 0 Å². The Hall–Kier alpha value is -0.630. The van der Waals surface area contributed by atoms with Gasteiger partial charge in [-0.3, -0.25) is 9.59 Å². The first-order valence-corrected chi connectivity index (χ1v) is 13.9. The lowest BCUT2D eigenvalue weighted by Gasteiger charge is -2.57. The topological polar surface area (TPSA) is 52.6 Å². The molecule has 6 heteroatoms. The molecule has 1 saturated heterocycles. The Bertz CT molecular complexity index is 867. The number of halogens is 1. The number of likely N-dealkylation sites (tertiary alicyclic amines) is 1. The Balaban J connectivity index is 0.00000289. The van der Waals surface area contributed by atoms with Crippen LogP contribution in [0.25, 0.3) is 0 Å². The van der Waals surface area contributed by atoms with Crippen LogP contribution >= 0.6 is 0 Å². The molecule has 0 aromatic heterocycles. The van der Waals surface area contributed by atoms with Crippen molar-refractivity contribution >= 4 is 11.9 Å². The van der Waals surface area contributed by atoms with Crippen LogP contribution in [-0.2, 0) is 19.1 Å². The fourth-order valence-electron chi connectivity index (χ4n) is 9.47. The molecule has 8 atom stereocenters. The maximum Gasteiger partial charge on any atom is 0.303 e. The van der Waals surface area contributed by atoms with Crippen LogP contribution in [0.15, 0.2) is 11.6 Å². The zero-order valence-electron chi connectivity index (χ0n) is 22.5. The quantitative estimate of drug-likeness (QED) is 0.217. The van der Waals surface area contributed by atoms with Crippen molar-refractivity contribution in [3.05, 3.63) is 11.6 Å². The van der Waals surface area contributed by atoms with Crippen molar-refractivity contribution in [3.63, 3.8) is 0 Å². The Morgan fingerprint density at radius 1 is 0.971 bits per heavy atom. The molecule has 0 bridgehead atoms. The van der Waals surface area contributed by atoms with E-state index in [-0.39, 0.29) is 59.0 Å². The van der Waals surface area contributed by atoms with Crippen LogP contribution in [0.2, 0.25) is 0 Å². The molecular formula is C29H46INO4. The summed E-state index contributed by atoms with van der Waals surface area (Å²) in [6, 6.07) is 0.427. The number of allylic oxidation sites excluding steroid dienone is 1. The highest BCUT2D eigenvalue weighted by Crippen LogP contribution is 2.66. The Labute approximate surface area is 229 Å². The number of carbonyl (C=O) groups excluding carboxylic acids is 2. The average molecular weight is 600 g/mol. The summed E-state index contributed by atoms with van der Waals surface area (Å²) < 4.78 is 13.0. The van der Waals surface area contributed by atoms with Gasteiger partial charge in [-0.2, -0.15) is 0 Å². The van der Waals surface area contributed by atoms with Crippen molar-refractivity contribution in [1.29, 1.82) is 0 Å². The molecule has 198 valence electrons. The van der Waals surface area contributed by atoms with Gasteiger partial charge in [0, 0.05) is 32.1 Å². The number of piperidine rings is 1. The minimum atomic E-state index is -0.154. The first-order valence-electron chi connectivity index (χ1n) is 13.9. The summed E-state index contributed by atoms with van der Waals surface area (Å²) in [5.41, 5.74) is 1.84. The van der Waals surface area contributed by atoms with E-state index in [0.29, 0.717) is 23.8 Å². The minimum absolute atomic E-state index is 0. The van der Waals surface area contributed by atoms with Crippen LogP contribution in [0.5, 0.6) is 0 Å². The van der Waals surface area contributed by atoms with Gasteiger partial charge >= 0.3 is 11.9 Å². The van der Waals surface area contributed by atoms with Gasteiger partial charge < -0.3 is 37.9 Å². The molecule has 1 aliphatic heterocycles. The maximum absolute atomic E-state index is 12.3. The van der Waals surface area contributed by atoms with Crippen molar-refractivity contribution in [2.75, 3.05) is 20.1 Å². The number of nitrogens with zero attached hydrogens (tertiary/aromatic N) is 1. The smallest absolute Gasteiger partial charge is 0.303 e. The number of esters is 2. The van der Waals surface area contributed by atoms with Crippen LogP contribution < -0.4 is 24.0 Å². The van der Waals surface area contributed by atoms with Crippen LogP contribution in [-0.4, -0.2) is 54.8 Å². The highest BCUT2D eigenvalue weighted by Gasteiger charge is 2.65. The van der Waals surface area contributed by atoms with Gasteiger partial charge in [0.25, 0.3) is 0 Å². The first kappa shape index (κ1) is 27.4. The molecule has 0 spiro atoms. The summed E-state index contributed by atoms with van der Waals surface area (Å²) >= 11 is 0. The number of fused-ring (bicyclic) bond motifs is 5. The van der Waals surface area contributed by atoms with Crippen molar-refractivity contribution in [1.82, 2.24) is 0 Å².